The average Bonchev–Trinajstić information content (AvgIpc) is 2.45. The topological polar surface area (TPSA) is 89.3 Å². The fourth-order valence-electron chi connectivity index (χ4n) is 1.87. The Hall–Kier alpha value is -1.11. The van der Waals surface area contributed by atoms with E-state index in [0.717, 1.165) is 5.56 Å². The maximum atomic E-state index is 12.2. The molecule has 7 heteroatoms. The maximum absolute atomic E-state index is 12.2. The van der Waals surface area contributed by atoms with Crippen molar-refractivity contribution in [1.82, 2.24) is 5.32 Å². The van der Waals surface area contributed by atoms with Crippen molar-refractivity contribution in [2.75, 3.05) is 18.8 Å². The highest BCUT2D eigenvalue weighted by Crippen LogP contribution is 2.23. The standard InChI is InChI=1S/C16H26N2O3S.ClH/c1-12(11-17)15(19)18-9-10-22(20,21)14-7-5-13(6-8-14)16(2,3)4;/h5-8,12H,9-11,17H2,1-4H3,(H,18,19);1H. The second kappa shape index (κ2) is 8.66. The first-order valence-corrected chi connectivity index (χ1v) is 9.04. The first-order chi connectivity index (χ1) is 10.1. The lowest BCUT2D eigenvalue weighted by Gasteiger charge is -2.19. The smallest absolute Gasteiger partial charge is 0.224 e. The molecule has 23 heavy (non-hydrogen) atoms. The first-order valence-electron chi connectivity index (χ1n) is 7.39. The van der Waals surface area contributed by atoms with E-state index in [-0.39, 0.29) is 53.4 Å². The molecule has 5 nitrogen and oxygen atoms in total. The van der Waals surface area contributed by atoms with Crippen molar-refractivity contribution in [3.8, 4) is 0 Å². The molecule has 0 saturated heterocycles. The van der Waals surface area contributed by atoms with Gasteiger partial charge in [0.05, 0.1) is 10.6 Å². The molecule has 132 valence electrons. The van der Waals surface area contributed by atoms with E-state index in [1.807, 2.05) is 12.1 Å². The van der Waals surface area contributed by atoms with Crippen LogP contribution < -0.4 is 11.1 Å². The van der Waals surface area contributed by atoms with E-state index in [1.54, 1.807) is 19.1 Å². The van der Waals surface area contributed by atoms with Crippen LogP contribution in [0, 0.1) is 5.92 Å². The summed E-state index contributed by atoms with van der Waals surface area (Å²) in [7, 11) is -3.40. The molecule has 0 saturated carbocycles. The van der Waals surface area contributed by atoms with Gasteiger partial charge in [-0.2, -0.15) is 0 Å². The quantitative estimate of drug-likeness (QED) is 0.808. The first kappa shape index (κ1) is 21.9. The van der Waals surface area contributed by atoms with E-state index in [0.29, 0.717) is 0 Å². The fraction of sp³-hybridized carbons (Fsp3) is 0.562. The number of carbonyl (C=O) groups excluding carboxylic acids is 1. The van der Waals surface area contributed by atoms with Gasteiger partial charge >= 0.3 is 0 Å². The van der Waals surface area contributed by atoms with Crippen molar-refractivity contribution in [1.29, 1.82) is 0 Å². The number of hydrogen-bond acceptors (Lipinski definition) is 4. The Kier molecular flexibility index (Phi) is 8.24. The number of hydrogen-bond donors (Lipinski definition) is 2. The minimum atomic E-state index is -3.40. The maximum Gasteiger partial charge on any atom is 0.224 e. The molecule has 0 aliphatic carbocycles. The number of carbonyl (C=O) groups is 1. The van der Waals surface area contributed by atoms with Crippen LogP contribution in [0.1, 0.15) is 33.3 Å². The number of nitrogens with one attached hydrogen (secondary N) is 1. The summed E-state index contributed by atoms with van der Waals surface area (Å²) in [5.41, 5.74) is 6.45. The monoisotopic (exact) mass is 362 g/mol. The van der Waals surface area contributed by atoms with Crippen molar-refractivity contribution in [2.24, 2.45) is 11.7 Å². The third-order valence-electron chi connectivity index (χ3n) is 3.55. The molecule has 0 aliphatic rings. The highest BCUT2D eigenvalue weighted by atomic mass is 35.5. The minimum Gasteiger partial charge on any atom is -0.355 e. The largest absolute Gasteiger partial charge is 0.355 e. The van der Waals surface area contributed by atoms with Crippen LogP contribution in [0.5, 0.6) is 0 Å². The minimum absolute atomic E-state index is 0. The molecule has 1 aromatic carbocycles. The molecule has 3 N–H and O–H groups in total. The van der Waals surface area contributed by atoms with Crippen molar-refractivity contribution in [3.05, 3.63) is 29.8 Å². The van der Waals surface area contributed by atoms with Crippen LogP contribution >= 0.6 is 12.4 Å². The van der Waals surface area contributed by atoms with Gasteiger partial charge in [0, 0.05) is 19.0 Å². The van der Waals surface area contributed by atoms with Crippen LogP contribution in [-0.2, 0) is 20.0 Å². The lowest BCUT2D eigenvalue weighted by molar-refractivity contribution is -0.124. The molecule has 0 fully saturated rings. The molecule has 1 rings (SSSR count). The molecule has 0 aromatic heterocycles. The van der Waals surface area contributed by atoms with Gasteiger partial charge in [0.1, 0.15) is 0 Å². The summed E-state index contributed by atoms with van der Waals surface area (Å²) in [6.45, 7) is 8.26. The zero-order valence-electron chi connectivity index (χ0n) is 14.1. The number of amides is 1. The van der Waals surface area contributed by atoms with E-state index in [2.05, 4.69) is 26.1 Å². The third-order valence-corrected chi connectivity index (χ3v) is 5.28. The lowest BCUT2D eigenvalue weighted by Crippen LogP contribution is -2.36. The van der Waals surface area contributed by atoms with Gasteiger partial charge in [0.25, 0.3) is 0 Å². The van der Waals surface area contributed by atoms with Gasteiger partial charge in [-0.05, 0) is 23.1 Å². The fourth-order valence-corrected chi connectivity index (χ4v) is 3.03. The molecule has 0 heterocycles. The van der Waals surface area contributed by atoms with Crippen LogP contribution in [0.2, 0.25) is 0 Å². The second-order valence-electron chi connectivity index (χ2n) is 6.52. The molecule has 0 spiro atoms. The van der Waals surface area contributed by atoms with Crippen LogP contribution in [-0.4, -0.2) is 33.2 Å². The van der Waals surface area contributed by atoms with Crippen LogP contribution in [0.3, 0.4) is 0 Å². The molecule has 0 radical (unpaired) electrons. The Morgan fingerprint density at radius 3 is 2.17 bits per heavy atom. The molecule has 1 aromatic rings. The van der Waals surface area contributed by atoms with E-state index in [1.165, 1.54) is 0 Å². The molecular formula is C16H27ClN2O3S. The summed E-state index contributed by atoms with van der Waals surface area (Å²) in [6.07, 6.45) is 0. The summed E-state index contributed by atoms with van der Waals surface area (Å²) in [5.74, 6) is -0.653. The molecule has 1 atom stereocenters. The van der Waals surface area contributed by atoms with E-state index < -0.39 is 9.84 Å². The summed E-state index contributed by atoms with van der Waals surface area (Å²) < 4.78 is 24.5. The van der Waals surface area contributed by atoms with E-state index >= 15 is 0 Å². The molecular weight excluding hydrogens is 336 g/mol. The highest BCUT2D eigenvalue weighted by molar-refractivity contribution is 7.91. The Bertz CT molecular complexity index is 607. The van der Waals surface area contributed by atoms with Crippen LogP contribution in [0.15, 0.2) is 29.2 Å². The zero-order chi connectivity index (χ0) is 17.0. The number of rotatable bonds is 6. The molecule has 1 amide bonds. The normalized spacial score (nSPS) is 13.1. The lowest BCUT2D eigenvalue weighted by atomic mass is 9.87. The Labute approximate surface area is 145 Å². The summed E-state index contributed by atoms with van der Waals surface area (Å²) in [5, 5.41) is 2.60. The Morgan fingerprint density at radius 2 is 1.74 bits per heavy atom. The predicted octanol–water partition coefficient (Wildman–Crippen LogP) is 1.89. The Balaban J connectivity index is 0.00000484. The van der Waals surface area contributed by atoms with Gasteiger partial charge in [-0.3, -0.25) is 4.79 Å². The number of benzene rings is 1. The summed E-state index contributed by atoms with van der Waals surface area (Å²) >= 11 is 0. The van der Waals surface area contributed by atoms with Gasteiger partial charge < -0.3 is 11.1 Å². The van der Waals surface area contributed by atoms with Gasteiger partial charge in [-0.15, -0.1) is 12.4 Å². The van der Waals surface area contributed by atoms with Crippen LogP contribution in [0.25, 0.3) is 0 Å². The van der Waals surface area contributed by atoms with Crippen LogP contribution in [0.4, 0.5) is 0 Å². The SMILES string of the molecule is CC(CN)C(=O)NCCS(=O)(=O)c1ccc(C(C)(C)C)cc1.Cl. The van der Waals surface area contributed by atoms with Gasteiger partial charge in [0.15, 0.2) is 9.84 Å². The highest BCUT2D eigenvalue weighted by Gasteiger charge is 2.18. The summed E-state index contributed by atoms with van der Waals surface area (Å²) in [6, 6.07) is 6.92. The number of sulfone groups is 1. The number of halogens is 1. The zero-order valence-corrected chi connectivity index (χ0v) is 15.8. The second-order valence-corrected chi connectivity index (χ2v) is 8.63. The molecule has 0 aliphatic heterocycles. The average molecular weight is 363 g/mol. The van der Waals surface area contributed by atoms with E-state index in [4.69, 9.17) is 5.73 Å². The molecule has 1 unspecified atom stereocenters. The van der Waals surface area contributed by atoms with Gasteiger partial charge in [-0.25, -0.2) is 8.42 Å². The summed E-state index contributed by atoms with van der Waals surface area (Å²) in [4.78, 5) is 11.8. The van der Waals surface area contributed by atoms with E-state index in [9.17, 15) is 13.2 Å². The van der Waals surface area contributed by atoms with Crippen molar-refractivity contribution >= 4 is 28.2 Å². The number of nitrogens with two attached hydrogens (primary N) is 1. The van der Waals surface area contributed by atoms with Crippen molar-refractivity contribution in [3.63, 3.8) is 0 Å². The Morgan fingerprint density at radius 1 is 1.22 bits per heavy atom. The van der Waals surface area contributed by atoms with Crippen molar-refractivity contribution < 1.29 is 13.2 Å². The third kappa shape index (κ3) is 6.49. The van der Waals surface area contributed by atoms with Gasteiger partial charge in [-0.1, -0.05) is 39.8 Å². The molecule has 0 bridgehead atoms. The van der Waals surface area contributed by atoms with Crippen molar-refractivity contribution in [2.45, 2.75) is 38.0 Å². The van der Waals surface area contributed by atoms with Gasteiger partial charge in [0.2, 0.25) is 5.91 Å². The predicted molar refractivity (Wildman–Crippen MR) is 95.7 cm³/mol.